The number of carboxylic acid groups (broad SMARTS) is 2. The van der Waals surface area contributed by atoms with Gasteiger partial charge in [-0.25, -0.2) is 0 Å². The molecular formula is C11H20O7. The lowest BCUT2D eigenvalue weighted by atomic mass is 10.1. The standard InChI is InChI=1S/C11H20O7/c1-4-16-11(3,17-5-2)18-7-8(10(14)15)6-9(12)13/h8H,4-7H2,1-3H3,(H,12,13)(H,14,15). The van der Waals surface area contributed by atoms with Crippen LogP contribution < -0.4 is 0 Å². The molecule has 0 bridgehead atoms. The highest BCUT2D eigenvalue weighted by atomic mass is 16.9. The van der Waals surface area contributed by atoms with Crippen LogP contribution in [0.1, 0.15) is 27.2 Å². The van der Waals surface area contributed by atoms with E-state index in [4.69, 9.17) is 24.4 Å². The van der Waals surface area contributed by atoms with Crippen LogP contribution in [0, 0.1) is 5.92 Å². The Morgan fingerprint density at radius 2 is 1.61 bits per heavy atom. The number of carbonyl (C=O) groups is 2. The first-order valence-corrected chi connectivity index (χ1v) is 5.71. The molecule has 0 saturated carbocycles. The van der Waals surface area contributed by atoms with E-state index in [1.165, 1.54) is 6.92 Å². The third-order valence-electron chi connectivity index (χ3n) is 2.13. The van der Waals surface area contributed by atoms with Crippen molar-refractivity contribution in [3.8, 4) is 0 Å². The summed E-state index contributed by atoms with van der Waals surface area (Å²) in [4.78, 5) is 21.4. The van der Waals surface area contributed by atoms with Gasteiger partial charge in [0.25, 0.3) is 5.97 Å². The molecule has 0 aliphatic heterocycles. The zero-order valence-electron chi connectivity index (χ0n) is 10.8. The molecule has 7 heteroatoms. The van der Waals surface area contributed by atoms with Crippen LogP contribution in [-0.2, 0) is 23.8 Å². The second-order valence-electron chi connectivity index (χ2n) is 3.67. The van der Waals surface area contributed by atoms with Crippen molar-refractivity contribution in [2.24, 2.45) is 5.92 Å². The molecule has 0 aliphatic carbocycles. The molecule has 18 heavy (non-hydrogen) atoms. The van der Waals surface area contributed by atoms with Gasteiger partial charge < -0.3 is 24.4 Å². The van der Waals surface area contributed by atoms with E-state index >= 15 is 0 Å². The maximum absolute atomic E-state index is 10.8. The first kappa shape index (κ1) is 16.8. The van der Waals surface area contributed by atoms with Crippen molar-refractivity contribution in [3.63, 3.8) is 0 Å². The van der Waals surface area contributed by atoms with Crippen LogP contribution in [0.4, 0.5) is 0 Å². The summed E-state index contributed by atoms with van der Waals surface area (Å²) in [6.07, 6.45) is -0.510. The quantitative estimate of drug-likeness (QED) is 0.566. The van der Waals surface area contributed by atoms with E-state index in [2.05, 4.69) is 0 Å². The Bertz CT molecular complexity index is 271. The number of aliphatic carboxylic acids is 2. The molecule has 0 radical (unpaired) electrons. The van der Waals surface area contributed by atoms with E-state index in [-0.39, 0.29) is 6.61 Å². The third kappa shape index (κ3) is 6.53. The Morgan fingerprint density at radius 1 is 1.11 bits per heavy atom. The molecule has 0 heterocycles. The fourth-order valence-electron chi connectivity index (χ4n) is 1.33. The lowest BCUT2D eigenvalue weighted by molar-refractivity contribution is -0.369. The van der Waals surface area contributed by atoms with E-state index in [1.54, 1.807) is 13.8 Å². The number of ether oxygens (including phenoxy) is 3. The van der Waals surface area contributed by atoms with E-state index in [0.29, 0.717) is 13.2 Å². The molecule has 7 nitrogen and oxygen atoms in total. The zero-order valence-corrected chi connectivity index (χ0v) is 10.8. The Balaban J connectivity index is 4.45. The number of carboxylic acids is 2. The van der Waals surface area contributed by atoms with E-state index in [1.807, 2.05) is 0 Å². The first-order valence-electron chi connectivity index (χ1n) is 5.71. The molecule has 1 atom stereocenters. The van der Waals surface area contributed by atoms with Crippen molar-refractivity contribution < 1.29 is 34.0 Å². The Morgan fingerprint density at radius 3 is 1.94 bits per heavy atom. The maximum atomic E-state index is 10.8. The van der Waals surface area contributed by atoms with E-state index in [0.717, 1.165) is 0 Å². The van der Waals surface area contributed by atoms with Gasteiger partial charge in [-0.05, 0) is 13.8 Å². The van der Waals surface area contributed by atoms with Crippen molar-refractivity contribution in [2.45, 2.75) is 33.2 Å². The molecule has 0 fully saturated rings. The summed E-state index contributed by atoms with van der Waals surface area (Å²) in [5, 5.41) is 17.4. The number of hydrogen-bond donors (Lipinski definition) is 2. The molecule has 2 N–H and O–H groups in total. The predicted molar refractivity (Wildman–Crippen MR) is 61.0 cm³/mol. The zero-order chi connectivity index (χ0) is 14.2. The molecule has 106 valence electrons. The van der Waals surface area contributed by atoms with Crippen LogP contribution >= 0.6 is 0 Å². The van der Waals surface area contributed by atoms with Gasteiger partial charge in [0, 0.05) is 20.1 Å². The van der Waals surface area contributed by atoms with Crippen LogP contribution in [0.2, 0.25) is 0 Å². The minimum absolute atomic E-state index is 0.294. The average molecular weight is 264 g/mol. The molecule has 1 unspecified atom stereocenters. The van der Waals surface area contributed by atoms with Crippen LogP contribution in [-0.4, -0.2) is 47.9 Å². The van der Waals surface area contributed by atoms with Crippen LogP contribution in [0.25, 0.3) is 0 Å². The SMILES string of the molecule is CCOC(C)(OCC)OCC(CC(=O)O)C(=O)O. The molecular weight excluding hydrogens is 244 g/mol. The fraction of sp³-hybridized carbons (Fsp3) is 0.818. The van der Waals surface area contributed by atoms with Crippen molar-refractivity contribution in [2.75, 3.05) is 19.8 Å². The number of rotatable bonds is 10. The molecule has 0 saturated heterocycles. The molecule has 0 aromatic rings. The lowest BCUT2D eigenvalue weighted by Crippen LogP contribution is -2.38. The van der Waals surface area contributed by atoms with Crippen molar-refractivity contribution in [1.29, 1.82) is 0 Å². The molecule has 0 aliphatic rings. The van der Waals surface area contributed by atoms with Crippen LogP contribution in [0.3, 0.4) is 0 Å². The number of hydrogen-bond acceptors (Lipinski definition) is 5. The predicted octanol–water partition coefficient (Wildman–Crippen LogP) is 0.925. The summed E-state index contributed by atoms with van der Waals surface area (Å²) >= 11 is 0. The fourth-order valence-corrected chi connectivity index (χ4v) is 1.33. The highest BCUT2D eigenvalue weighted by Gasteiger charge is 2.30. The van der Waals surface area contributed by atoms with Gasteiger partial charge in [0.2, 0.25) is 0 Å². The van der Waals surface area contributed by atoms with Gasteiger partial charge in [0.1, 0.15) is 0 Å². The Kier molecular flexibility index (Phi) is 7.49. The summed E-state index contributed by atoms with van der Waals surface area (Å²) in [6, 6.07) is 0. The summed E-state index contributed by atoms with van der Waals surface area (Å²) < 4.78 is 15.7. The van der Waals surface area contributed by atoms with Gasteiger partial charge in [0.05, 0.1) is 18.9 Å². The topological polar surface area (TPSA) is 102 Å². The lowest BCUT2D eigenvalue weighted by Gasteiger charge is -2.29. The highest BCUT2D eigenvalue weighted by molar-refractivity contribution is 5.77. The summed E-state index contributed by atoms with van der Waals surface area (Å²) in [7, 11) is 0. The summed E-state index contributed by atoms with van der Waals surface area (Å²) in [6.45, 7) is 5.36. The molecule has 0 rings (SSSR count). The first-order chi connectivity index (χ1) is 8.34. The van der Waals surface area contributed by atoms with E-state index < -0.39 is 30.3 Å². The Labute approximate surface area is 106 Å². The van der Waals surface area contributed by atoms with E-state index in [9.17, 15) is 9.59 Å². The normalized spacial score (nSPS) is 13.3. The molecule has 0 aromatic heterocycles. The molecule has 0 aromatic carbocycles. The second kappa shape index (κ2) is 8.02. The summed E-state index contributed by atoms with van der Waals surface area (Å²) in [5.41, 5.74) is 0. The van der Waals surface area contributed by atoms with Gasteiger partial charge in [-0.3, -0.25) is 9.59 Å². The van der Waals surface area contributed by atoms with Gasteiger partial charge in [-0.1, -0.05) is 0 Å². The average Bonchev–Trinajstić information content (AvgIpc) is 2.24. The molecule has 0 spiro atoms. The second-order valence-corrected chi connectivity index (χ2v) is 3.67. The van der Waals surface area contributed by atoms with Crippen LogP contribution in [0.15, 0.2) is 0 Å². The van der Waals surface area contributed by atoms with Gasteiger partial charge in [-0.2, -0.15) is 0 Å². The van der Waals surface area contributed by atoms with Gasteiger partial charge >= 0.3 is 11.9 Å². The van der Waals surface area contributed by atoms with Gasteiger partial charge in [-0.15, -0.1) is 0 Å². The largest absolute Gasteiger partial charge is 0.481 e. The summed E-state index contributed by atoms with van der Waals surface area (Å²) in [5.74, 6) is -4.91. The third-order valence-corrected chi connectivity index (χ3v) is 2.13. The minimum Gasteiger partial charge on any atom is -0.481 e. The van der Waals surface area contributed by atoms with Crippen molar-refractivity contribution in [3.05, 3.63) is 0 Å². The van der Waals surface area contributed by atoms with Crippen LogP contribution in [0.5, 0.6) is 0 Å². The molecule has 0 amide bonds. The van der Waals surface area contributed by atoms with Crippen molar-refractivity contribution >= 4 is 11.9 Å². The minimum atomic E-state index is -1.35. The monoisotopic (exact) mass is 264 g/mol. The highest BCUT2D eigenvalue weighted by Crippen LogP contribution is 2.17. The van der Waals surface area contributed by atoms with Crippen molar-refractivity contribution in [1.82, 2.24) is 0 Å². The Hall–Kier alpha value is -1.18. The smallest absolute Gasteiger partial charge is 0.309 e. The maximum Gasteiger partial charge on any atom is 0.309 e. The van der Waals surface area contributed by atoms with Gasteiger partial charge in [0.15, 0.2) is 0 Å².